The van der Waals surface area contributed by atoms with Crippen molar-refractivity contribution in [3.05, 3.63) is 48.3 Å². The summed E-state index contributed by atoms with van der Waals surface area (Å²) in [5.41, 5.74) is 3.27. The number of alkyl halides is 1. The van der Waals surface area contributed by atoms with E-state index in [9.17, 15) is 4.39 Å². The average molecular weight is 414 g/mol. The zero-order valence-electron chi connectivity index (χ0n) is 19.2. The molecule has 1 aromatic heterocycles. The third-order valence-corrected chi connectivity index (χ3v) is 5.75. The van der Waals surface area contributed by atoms with Gasteiger partial charge in [0.15, 0.2) is 0 Å². The first-order valence-electron chi connectivity index (χ1n) is 11.9. The maximum absolute atomic E-state index is 14.1. The van der Waals surface area contributed by atoms with Crippen LogP contribution in [0.3, 0.4) is 0 Å². The summed E-state index contributed by atoms with van der Waals surface area (Å²) >= 11 is 0. The number of ether oxygens (including phenoxy) is 1. The molecule has 0 N–H and O–H groups in total. The van der Waals surface area contributed by atoms with E-state index in [2.05, 4.69) is 18.0 Å². The Morgan fingerprint density at radius 3 is 2.33 bits per heavy atom. The van der Waals surface area contributed by atoms with Crippen molar-refractivity contribution in [2.24, 2.45) is 5.92 Å². The number of benzene rings is 1. The Kier molecular flexibility index (Phi) is 11.5. The van der Waals surface area contributed by atoms with Gasteiger partial charge in [-0.25, -0.2) is 4.39 Å². The van der Waals surface area contributed by atoms with Crippen molar-refractivity contribution in [1.29, 1.82) is 0 Å². The second-order valence-electron chi connectivity index (χ2n) is 8.65. The number of unbranched alkanes of at least 4 members (excludes halogenated alkanes) is 7. The summed E-state index contributed by atoms with van der Waals surface area (Å²) in [7, 11) is 0. The smallest absolute Gasteiger partial charge is 0.127 e. The van der Waals surface area contributed by atoms with E-state index in [1.54, 1.807) is 0 Å². The number of aromatic nitrogens is 1. The van der Waals surface area contributed by atoms with Crippen LogP contribution in [0.15, 0.2) is 42.7 Å². The fourth-order valence-electron chi connectivity index (χ4n) is 3.75. The second-order valence-corrected chi connectivity index (χ2v) is 8.65. The van der Waals surface area contributed by atoms with Crippen LogP contribution in [0.5, 0.6) is 5.75 Å². The zero-order chi connectivity index (χ0) is 21.6. The van der Waals surface area contributed by atoms with Gasteiger partial charge in [-0.2, -0.15) is 0 Å². The number of rotatable bonds is 15. The van der Waals surface area contributed by atoms with Gasteiger partial charge in [0.2, 0.25) is 0 Å². The lowest BCUT2D eigenvalue weighted by atomic mass is 9.95. The Hall–Kier alpha value is -1.90. The van der Waals surface area contributed by atoms with Crippen LogP contribution in [0.1, 0.15) is 84.1 Å². The summed E-state index contributed by atoms with van der Waals surface area (Å²) in [5, 5.41) is 0. The third kappa shape index (κ3) is 8.45. The number of aryl methyl sites for hydroxylation is 1. The van der Waals surface area contributed by atoms with E-state index in [1.165, 1.54) is 44.9 Å². The van der Waals surface area contributed by atoms with Crippen LogP contribution in [0.4, 0.5) is 4.39 Å². The average Bonchev–Trinajstić information content (AvgIpc) is 2.76. The van der Waals surface area contributed by atoms with Crippen LogP contribution in [-0.2, 0) is 6.42 Å². The van der Waals surface area contributed by atoms with Crippen LogP contribution in [0, 0.1) is 5.92 Å². The SMILES string of the molecule is CCCCCCCCCCOc1ccccc1-c1ccncc1CCC(F)C(C)C. The number of hydrogen-bond acceptors (Lipinski definition) is 2. The molecule has 1 aromatic carbocycles. The predicted octanol–water partition coefficient (Wildman–Crippen LogP) is 8.19. The van der Waals surface area contributed by atoms with E-state index >= 15 is 0 Å². The fraction of sp³-hybridized carbons (Fsp3) is 0.593. The summed E-state index contributed by atoms with van der Waals surface area (Å²) in [5.74, 6) is 0.959. The Morgan fingerprint density at radius 2 is 1.60 bits per heavy atom. The lowest BCUT2D eigenvalue weighted by Gasteiger charge is -2.16. The van der Waals surface area contributed by atoms with Gasteiger partial charge < -0.3 is 4.74 Å². The van der Waals surface area contributed by atoms with E-state index in [4.69, 9.17) is 4.74 Å². The molecule has 0 bridgehead atoms. The fourth-order valence-corrected chi connectivity index (χ4v) is 3.75. The lowest BCUT2D eigenvalue weighted by Crippen LogP contribution is -2.10. The molecule has 1 atom stereocenters. The molecule has 166 valence electrons. The molecule has 0 aliphatic rings. The van der Waals surface area contributed by atoms with Crippen molar-refractivity contribution in [3.63, 3.8) is 0 Å². The molecule has 0 aliphatic carbocycles. The first-order valence-corrected chi connectivity index (χ1v) is 11.9. The van der Waals surface area contributed by atoms with Gasteiger partial charge in [-0.05, 0) is 48.4 Å². The van der Waals surface area contributed by atoms with Crippen molar-refractivity contribution in [2.75, 3.05) is 6.61 Å². The van der Waals surface area contributed by atoms with E-state index in [-0.39, 0.29) is 5.92 Å². The normalized spacial score (nSPS) is 12.3. The molecule has 0 saturated carbocycles. The van der Waals surface area contributed by atoms with Gasteiger partial charge in [-0.15, -0.1) is 0 Å². The quantitative estimate of drug-likeness (QED) is 0.275. The zero-order valence-corrected chi connectivity index (χ0v) is 19.2. The maximum Gasteiger partial charge on any atom is 0.127 e. The highest BCUT2D eigenvalue weighted by Crippen LogP contribution is 2.33. The standard InChI is InChI=1S/C27H40FNO/c1-4-5-6-7-8-9-10-13-20-30-27-15-12-11-14-25(27)24-18-19-29-21-23(24)16-17-26(28)22(2)3/h11-12,14-15,18-19,21-22,26H,4-10,13,16-17,20H2,1-3H3. The van der Waals surface area contributed by atoms with Gasteiger partial charge in [0.25, 0.3) is 0 Å². The maximum atomic E-state index is 14.1. The minimum atomic E-state index is -0.786. The minimum absolute atomic E-state index is 0.0485. The van der Waals surface area contributed by atoms with Gasteiger partial charge in [0.05, 0.1) is 6.61 Å². The molecule has 2 rings (SSSR count). The summed E-state index contributed by atoms with van der Waals surface area (Å²) in [6.45, 7) is 6.87. The van der Waals surface area contributed by atoms with E-state index in [1.807, 2.05) is 50.5 Å². The number of pyridine rings is 1. The van der Waals surface area contributed by atoms with Crippen LogP contribution >= 0.6 is 0 Å². The Morgan fingerprint density at radius 1 is 0.900 bits per heavy atom. The molecule has 0 amide bonds. The summed E-state index contributed by atoms with van der Waals surface area (Å²) in [6, 6.07) is 10.2. The van der Waals surface area contributed by atoms with Crippen LogP contribution in [0.2, 0.25) is 0 Å². The first-order chi connectivity index (χ1) is 14.6. The Balaban J connectivity index is 1.91. The number of para-hydroxylation sites is 1. The van der Waals surface area contributed by atoms with E-state index in [0.717, 1.165) is 35.5 Å². The van der Waals surface area contributed by atoms with E-state index < -0.39 is 6.17 Å². The summed E-state index contributed by atoms with van der Waals surface area (Å²) in [4.78, 5) is 4.28. The number of halogens is 1. The largest absolute Gasteiger partial charge is 0.493 e. The molecule has 2 aromatic rings. The van der Waals surface area contributed by atoms with Crippen LogP contribution < -0.4 is 4.74 Å². The van der Waals surface area contributed by atoms with Crippen LogP contribution in [0.25, 0.3) is 11.1 Å². The van der Waals surface area contributed by atoms with Gasteiger partial charge in [0, 0.05) is 18.0 Å². The summed E-state index contributed by atoms with van der Waals surface area (Å²) < 4.78 is 20.3. The van der Waals surface area contributed by atoms with Gasteiger partial charge in [-0.1, -0.05) is 83.9 Å². The molecule has 3 heteroatoms. The highest BCUT2D eigenvalue weighted by molar-refractivity contribution is 5.72. The van der Waals surface area contributed by atoms with Crippen molar-refractivity contribution in [2.45, 2.75) is 91.2 Å². The van der Waals surface area contributed by atoms with Crippen molar-refractivity contribution in [1.82, 2.24) is 4.98 Å². The molecular formula is C27H40FNO. The third-order valence-electron chi connectivity index (χ3n) is 5.75. The molecule has 0 radical (unpaired) electrons. The van der Waals surface area contributed by atoms with E-state index in [0.29, 0.717) is 12.8 Å². The Labute approximate surface area is 183 Å². The van der Waals surface area contributed by atoms with Crippen molar-refractivity contribution < 1.29 is 9.13 Å². The highest BCUT2D eigenvalue weighted by Gasteiger charge is 2.15. The number of nitrogens with zero attached hydrogens (tertiary/aromatic N) is 1. The Bertz CT molecular complexity index is 716. The molecule has 1 heterocycles. The number of hydrogen-bond donors (Lipinski definition) is 0. The topological polar surface area (TPSA) is 22.1 Å². The van der Waals surface area contributed by atoms with Gasteiger partial charge in [0.1, 0.15) is 11.9 Å². The molecule has 2 nitrogen and oxygen atoms in total. The van der Waals surface area contributed by atoms with Crippen molar-refractivity contribution in [3.8, 4) is 16.9 Å². The van der Waals surface area contributed by atoms with Gasteiger partial charge in [-0.3, -0.25) is 4.98 Å². The second kappa shape index (κ2) is 14.2. The highest BCUT2D eigenvalue weighted by atomic mass is 19.1. The molecule has 0 aliphatic heterocycles. The monoisotopic (exact) mass is 413 g/mol. The predicted molar refractivity (Wildman–Crippen MR) is 126 cm³/mol. The van der Waals surface area contributed by atoms with Crippen molar-refractivity contribution >= 4 is 0 Å². The molecular weight excluding hydrogens is 373 g/mol. The molecule has 0 fully saturated rings. The minimum Gasteiger partial charge on any atom is -0.493 e. The lowest BCUT2D eigenvalue weighted by molar-refractivity contribution is 0.240. The van der Waals surface area contributed by atoms with Gasteiger partial charge >= 0.3 is 0 Å². The first kappa shape index (κ1) is 24.4. The summed E-state index contributed by atoms with van der Waals surface area (Å²) in [6.07, 6.45) is 14.4. The molecule has 1 unspecified atom stereocenters. The molecule has 0 saturated heterocycles. The molecule has 0 spiro atoms. The molecule has 30 heavy (non-hydrogen) atoms. The van der Waals surface area contributed by atoms with Crippen LogP contribution in [-0.4, -0.2) is 17.8 Å².